The summed E-state index contributed by atoms with van der Waals surface area (Å²) in [4.78, 5) is 8.49. The van der Waals surface area contributed by atoms with Crippen LogP contribution in [0.2, 0.25) is 0 Å². The number of pyridine rings is 1. The molecular weight excluding hydrogens is 475 g/mol. The second-order valence-corrected chi connectivity index (χ2v) is 5.65. The van der Waals surface area contributed by atoms with Crippen molar-refractivity contribution in [3.63, 3.8) is 0 Å². The first-order chi connectivity index (χ1) is 13.3. The zero-order valence-corrected chi connectivity index (χ0v) is 18.7. The number of halogens is 1. The predicted octanol–water partition coefficient (Wildman–Crippen LogP) is 2.59. The highest BCUT2D eigenvalue weighted by Crippen LogP contribution is 2.13. The summed E-state index contributed by atoms with van der Waals surface area (Å²) in [6.45, 7) is 3.44. The molecule has 8 nitrogen and oxygen atoms in total. The average molecular weight is 504 g/mol. The fourth-order valence-corrected chi connectivity index (χ4v) is 2.26. The number of hydrogen-bond donors (Lipinski definition) is 2. The Bertz CT molecular complexity index is 668. The van der Waals surface area contributed by atoms with E-state index in [1.807, 2.05) is 24.3 Å². The third kappa shape index (κ3) is 9.38. The minimum atomic E-state index is 0. The van der Waals surface area contributed by atoms with Crippen LogP contribution >= 0.6 is 24.0 Å². The minimum Gasteiger partial charge on any atom is -0.475 e. The van der Waals surface area contributed by atoms with Crippen LogP contribution in [-0.4, -0.2) is 51.5 Å². The molecule has 2 rings (SSSR count). The maximum atomic E-state index is 5.64. The van der Waals surface area contributed by atoms with Gasteiger partial charge in [-0.25, -0.2) is 4.98 Å². The molecule has 0 aliphatic heterocycles. The molecule has 2 N–H and O–H groups in total. The first-order valence-corrected chi connectivity index (χ1v) is 8.93. The number of aromatic nitrogens is 1. The lowest BCUT2D eigenvalue weighted by Crippen LogP contribution is -2.37. The molecule has 2 heterocycles. The van der Waals surface area contributed by atoms with E-state index in [0.717, 1.165) is 24.3 Å². The molecule has 0 bridgehead atoms. The summed E-state index contributed by atoms with van der Waals surface area (Å²) in [6.07, 6.45) is 4.22. The molecule has 0 fully saturated rings. The normalized spacial score (nSPS) is 11.0. The van der Waals surface area contributed by atoms with Gasteiger partial charge in [0.1, 0.15) is 19.0 Å². The number of hydrogen-bond acceptors (Lipinski definition) is 6. The Hall–Kier alpha value is -1.85. The van der Waals surface area contributed by atoms with Gasteiger partial charge in [-0.3, -0.25) is 4.99 Å². The quantitative estimate of drug-likeness (QED) is 0.199. The first kappa shape index (κ1) is 24.2. The topological polar surface area (TPSA) is 90.1 Å². The Morgan fingerprint density at radius 1 is 1.18 bits per heavy atom. The van der Waals surface area contributed by atoms with Crippen molar-refractivity contribution in [2.24, 2.45) is 4.99 Å². The summed E-state index contributed by atoms with van der Waals surface area (Å²) in [5, 5.41) is 6.52. The monoisotopic (exact) mass is 504 g/mol. The van der Waals surface area contributed by atoms with E-state index in [0.29, 0.717) is 44.8 Å². The summed E-state index contributed by atoms with van der Waals surface area (Å²) in [6, 6.07) is 7.60. The molecule has 0 saturated heterocycles. The third-order valence-electron chi connectivity index (χ3n) is 3.63. The van der Waals surface area contributed by atoms with Crippen molar-refractivity contribution in [3.8, 4) is 5.88 Å². The Morgan fingerprint density at radius 3 is 2.82 bits per heavy atom. The molecule has 9 heteroatoms. The average Bonchev–Trinajstić information content (AvgIpc) is 3.21. The maximum absolute atomic E-state index is 5.64. The number of nitrogens with one attached hydrogen (secondary N) is 2. The Labute approximate surface area is 183 Å². The molecule has 0 atom stereocenters. The van der Waals surface area contributed by atoms with Crippen molar-refractivity contribution >= 4 is 29.9 Å². The van der Waals surface area contributed by atoms with Crippen LogP contribution in [0.1, 0.15) is 17.7 Å². The van der Waals surface area contributed by atoms with E-state index >= 15 is 0 Å². The highest BCUT2D eigenvalue weighted by atomic mass is 127. The minimum absolute atomic E-state index is 0. The molecule has 0 aliphatic rings. The van der Waals surface area contributed by atoms with Crippen LogP contribution in [0.25, 0.3) is 0 Å². The number of rotatable bonds is 12. The van der Waals surface area contributed by atoms with Gasteiger partial charge in [-0.2, -0.15) is 0 Å². The molecule has 0 spiro atoms. The SMILES string of the molecule is CN=C(NCCCOCc1ccco1)NCc1cccnc1OCCOC.I. The Balaban J connectivity index is 0.00000392. The van der Waals surface area contributed by atoms with Crippen LogP contribution < -0.4 is 15.4 Å². The van der Waals surface area contributed by atoms with E-state index in [-0.39, 0.29) is 24.0 Å². The highest BCUT2D eigenvalue weighted by molar-refractivity contribution is 14.0. The lowest BCUT2D eigenvalue weighted by atomic mass is 10.2. The summed E-state index contributed by atoms with van der Waals surface area (Å²) >= 11 is 0. The highest BCUT2D eigenvalue weighted by Gasteiger charge is 2.06. The predicted molar refractivity (Wildman–Crippen MR) is 118 cm³/mol. The molecule has 2 aromatic rings. The van der Waals surface area contributed by atoms with E-state index in [1.54, 1.807) is 26.6 Å². The Morgan fingerprint density at radius 2 is 2.07 bits per heavy atom. The van der Waals surface area contributed by atoms with E-state index in [9.17, 15) is 0 Å². The van der Waals surface area contributed by atoms with Crippen molar-refractivity contribution in [1.29, 1.82) is 0 Å². The summed E-state index contributed by atoms with van der Waals surface area (Å²) in [5.74, 6) is 2.15. The smallest absolute Gasteiger partial charge is 0.218 e. The lowest BCUT2D eigenvalue weighted by molar-refractivity contribution is 0.105. The molecule has 0 amide bonds. The van der Waals surface area contributed by atoms with Gasteiger partial charge >= 0.3 is 0 Å². The van der Waals surface area contributed by atoms with E-state index in [2.05, 4.69) is 20.6 Å². The zero-order chi connectivity index (χ0) is 19.2. The zero-order valence-electron chi connectivity index (χ0n) is 16.3. The summed E-state index contributed by atoms with van der Waals surface area (Å²) in [7, 11) is 3.38. The van der Waals surface area contributed by atoms with Gasteiger partial charge in [0.15, 0.2) is 5.96 Å². The molecule has 0 unspecified atom stereocenters. The third-order valence-corrected chi connectivity index (χ3v) is 3.63. The summed E-state index contributed by atoms with van der Waals surface area (Å²) in [5.41, 5.74) is 0.957. The standard InChI is InChI=1S/C19H28N4O4.HI/c1-20-19(22-9-5-10-25-15-17-7-4-11-26-17)23-14-16-6-3-8-21-18(16)27-13-12-24-2;/h3-4,6-8,11H,5,9-10,12-15H2,1-2H3,(H2,20,22,23);1H. The van der Waals surface area contributed by atoms with Crippen molar-refractivity contribution in [3.05, 3.63) is 48.0 Å². The second-order valence-electron chi connectivity index (χ2n) is 5.65. The number of furan rings is 1. The van der Waals surface area contributed by atoms with Crippen LogP contribution in [0.4, 0.5) is 0 Å². The van der Waals surface area contributed by atoms with Gasteiger partial charge in [-0.15, -0.1) is 24.0 Å². The molecule has 0 radical (unpaired) electrons. The van der Waals surface area contributed by atoms with E-state index in [4.69, 9.17) is 18.6 Å². The first-order valence-electron chi connectivity index (χ1n) is 8.93. The van der Waals surface area contributed by atoms with Crippen LogP contribution in [0.5, 0.6) is 5.88 Å². The fraction of sp³-hybridized carbons (Fsp3) is 0.474. The van der Waals surface area contributed by atoms with Gasteiger partial charge in [-0.05, 0) is 24.6 Å². The summed E-state index contributed by atoms with van der Waals surface area (Å²) < 4.78 is 21.4. The second kappa shape index (κ2) is 15.1. The molecule has 0 aromatic carbocycles. The molecule has 28 heavy (non-hydrogen) atoms. The number of nitrogens with zero attached hydrogens (tertiary/aromatic N) is 2. The van der Waals surface area contributed by atoms with Gasteiger partial charge in [0.05, 0.1) is 12.9 Å². The van der Waals surface area contributed by atoms with Gasteiger partial charge < -0.3 is 29.3 Å². The largest absolute Gasteiger partial charge is 0.475 e. The number of guanidine groups is 1. The van der Waals surface area contributed by atoms with Crippen LogP contribution in [0.15, 0.2) is 46.1 Å². The van der Waals surface area contributed by atoms with Crippen molar-refractivity contribution in [2.45, 2.75) is 19.6 Å². The molecule has 0 saturated carbocycles. The van der Waals surface area contributed by atoms with Gasteiger partial charge in [0, 0.05) is 45.6 Å². The number of ether oxygens (including phenoxy) is 3. The molecular formula is C19H29IN4O4. The lowest BCUT2D eigenvalue weighted by Gasteiger charge is -2.14. The number of methoxy groups -OCH3 is 1. The fourth-order valence-electron chi connectivity index (χ4n) is 2.26. The van der Waals surface area contributed by atoms with Crippen molar-refractivity contribution in [1.82, 2.24) is 15.6 Å². The van der Waals surface area contributed by atoms with Gasteiger partial charge in [0.25, 0.3) is 0 Å². The maximum Gasteiger partial charge on any atom is 0.218 e. The van der Waals surface area contributed by atoms with Crippen LogP contribution in [-0.2, 0) is 22.6 Å². The number of aliphatic imine (C=N–C) groups is 1. The Kier molecular flexibility index (Phi) is 13.1. The van der Waals surface area contributed by atoms with Crippen molar-refractivity contribution in [2.75, 3.05) is 40.5 Å². The molecule has 156 valence electrons. The van der Waals surface area contributed by atoms with E-state index < -0.39 is 0 Å². The van der Waals surface area contributed by atoms with Gasteiger partial charge in [-0.1, -0.05) is 6.07 Å². The van der Waals surface area contributed by atoms with E-state index in [1.165, 1.54) is 0 Å². The molecule has 2 aromatic heterocycles. The molecule has 0 aliphatic carbocycles. The van der Waals surface area contributed by atoms with Crippen LogP contribution in [0.3, 0.4) is 0 Å². The van der Waals surface area contributed by atoms with Crippen molar-refractivity contribution < 1.29 is 18.6 Å². The van der Waals surface area contributed by atoms with Gasteiger partial charge in [0.2, 0.25) is 5.88 Å². The van der Waals surface area contributed by atoms with Crippen LogP contribution in [0, 0.1) is 0 Å².